The van der Waals surface area contributed by atoms with E-state index in [2.05, 4.69) is 71.2 Å². The highest BCUT2D eigenvalue weighted by Crippen LogP contribution is 2.20. The molecule has 0 radical (unpaired) electrons. The van der Waals surface area contributed by atoms with Crippen molar-refractivity contribution in [2.75, 3.05) is 13.1 Å². The number of nitrogens with one attached hydrogen (secondary N) is 1. The highest BCUT2D eigenvalue weighted by molar-refractivity contribution is 9.10. The molecule has 1 atom stereocenters. The molecule has 1 unspecified atom stereocenters. The van der Waals surface area contributed by atoms with Crippen molar-refractivity contribution in [3.8, 4) is 0 Å². The minimum atomic E-state index is 0.183. The fourth-order valence-electron chi connectivity index (χ4n) is 2.71. The van der Waals surface area contributed by atoms with Gasteiger partial charge in [-0.05, 0) is 56.5 Å². The first-order valence-electron chi connectivity index (χ1n) is 8.23. The summed E-state index contributed by atoms with van der Waals surface area (Å²) in [7, 11) is 0. The molecule has 1 aliphatic heterocycles. The molecule has 22 heavy (non-hydrogen) atoms. The summed E-state index contributed by atoms with van der Waals surface area (Å²) in [6, 6.07) is 8.75. The summed E-state index contributed by atoms with van der Waals surface area (Å²) in [6.45, 7) is 9.36. The Bertz CT molecular complexity index is 478. The molecule has 1 fully saturated rings. The van der Waals surface area contributed by atoms with Crippen LogP contribution in [-0.4, -0.2) is 29.9 Å². The van der Waals surface area contributed by atoms with Gasteiger partial charge in [-0.2, -0.15) is 0 Å². The molecule has 3 nitrogen and oxygen atoms in total. The van der Waals surface area contributed by atoms with Crippen LogP contribution in [0.25, 0.3) is 0 Å². The van der Waals surface area contributed by atoms with Gasteiger partial charge < -0.3 is 5.32 Å². The SMILES string of the molecule is CC(C)C(C)NC(=O)C1CCN(Cc2ccc(Br)cc2)CC1. The van der Waals surface area contributed by atoms with E-state index >= 15 is 0 Å². The van der Waals surface area contributed by atoms with Gasteiger partial charge in [0.2, 0.25) is 5.91 Å². The number of likely N-dealkylation sites (tertiary alicyclic amines) is 1. The smallest absolute Gasteiger partial charge is 0.223 e. The van der Waals surface area contributed by atoms with Crippen molar-refractivity contribution in [2.45, 2.75) is 46.2 Å². The Morgan fingerprint density at radius 1 is 1.23 bits per heavy atom. The lowest BCUT2D eigenvalue weighted by molar-refractivity contribution is -0.127. The summed E-state index contributed by atoms with van der Waals surface area (Å²) in [5, 5.41) is 3.16. The number of hydrogen-bond donors (Lipinski definition) is 1. The molecular formula is C18H27BrN2O. The van der Waals surface area contributed by atoms with Gasteiger partial charge in [0.15, 0.2) is 0 Å². The second-order valence-electron chi connectivity index (χ2n) is 6.72. The molecule has 0 saturated carbocycles. The van der Waals surface area contributed by atoms with E-state index in [0.29, 0.717) is 5.92 Å². The summed E-state index contributed by atoms with van der Waals surface area (Å²) in [4.78, 5) is 14.7. The lowest BCUT2D eigenvalue weighted by Gasteiger charge is -2.32. The van der Waals surface area contributed by atoms with Crippen LogP contribution < -0.4 is 5.32 Å². The number of benzene rings is 1. The molecule has 0 aromatic heterocycles. The van der Waals surface area contributed by atoms with Gasteiger partial charge in [0.1, 0.15) is 0 Å². The number of rotatable bonds is 5. The maximum Gasteiger partial charge on any atom is 0.223 e. The summed E-state index contributed by atoms with van der Waals surface area (Å²) < 4.78 is 1.12. The number of hydrogen-bond acceptors (Lipinski definition) is 2. The zero-order valence-corrected chi connectivity index (χ0v) is 15.4. The van der Waals surface area contributed by atoms with Crippen LogP contribution >= 0.6 is 15.9 Å². The van der Waals surface area contributed by atoms with E-state index in [9.17, 15) is 4.79 Å². The molecule has 0 bridgehead atoms. The van der Waals surface area contributed by atoms with Gasteiger partial charge in [-0.3, -0.25) is 9.69 Å². The number of halogens is 1. The highest BCUT2D eigenvalue weighted by atomic mass is 79.9. The van der Waals surface area contributed by atoms with Crippen LogP contribution in [0.2, 0.25) is 0 Å². The molecule has 0 aliphatic carbocycles. The van der Waals surface area contributed by atoms with Crippen LogP contribution in [0.3, 0.4) is 0 Å². The fraction of sp³-hybridized carbons (Fsp3) is 0.611. The lowest BCUT2D eigenvalue weighted by Crippen LogP contribution is -2.44. The zero-order valence-electron chi connectivity index (χ0n) is 13.8. The van der Waals surface area contributed by atoms with Gasteiger partial charge in [0.05, 0.1) is 0 Å². The normalized spacial score (nSPS) is 18.4. The minimum Gasteiger partial charge on any atom is -0.353 e. The molecule has 122 valence electrons. The third kappa shape index (κ3) is 5.10. The van der Waals surface area contributed by atoms with Gasteiger partial charge in [0.25, 0.3) is 0 Å². The van der Waals surface area contributed by atoms with E-state index < -0.39 is 0 Å². The van der Waals surface area contributed by atoms with Gasteiger partial charge in [-0.15, -0.1) is 0 Å². The largest absolute Gasteiger partial charge is 0.353 e. The van der Waals surface area contributed by atoms with Crippen molar-refractivity contribution < 1.29 is 4.79 Å². The van der Waals surface area contributed by atoms with Crippen molar-refractivity contribution in [3.05, 3.63) is 34.3 Å². The molecule has 1 aromatic rings. The second-order valence-corrected chi connectivity index (χ2v) is 7.63. The molecule has 0 spiro atoms. The Morgan fingerprint density at radius 3 is 2.36 bits per heavy atom. The van der Waals surface area contributed by atoms with E-state index in [1.54, 1.807) is 0 Å². The van der Waals surface area contributed by atoms with E-state index in [-0.39, 0.29) is 17.9 Å². The van der Waals surface area contributed by atoms with Crippen LogP contribution in [-0.2, 0) is 11.3 Å². The Balaban J connectivity index is 1.77. The van der Waals surface area contributed by atoms with Crippen LogP contribution in [0.1, 0.15) is 39.2 Å². The average Bonchev–Trinajstić information content (AvgIpc) is 2.50. The quantitative estimate of drug-likeness (QED) is 0.858. The molecule has 1 aromatic carbocycles. The molecule has 1 heterocycles. The Labute approximate surface area is 142 Å². The molecular weight excluding hydrogens is 340 g/mol. The third-order valence-corrected chi connectivity index (χ3v) is 5.18. The second kappa shape index (κ2) is 8.11. The number of piperidine rings is 1. The molecule has 1 aliphatic rings. The number of nitrogens with zero attached hydrogens (tertiary/aromatic N) is 1. The maximum atomic E-state index is 12.3. The maximum absolute atomic E-state index is 12.3. The Kier molecular flexibility index (Phi) is 6.45. The van der Waals surface area contributed by atoms with Gasteiger partial charge in [-0.25, -0.2) is 0 Å². The van der Waals surface area contributed by atoms with Gasteiger partial charge >= 0.3 is 0 Å². The van der Waals surface area contributed by atoms with Crippen molar-refractivity contribution in [1.29, 1.82) is 0 Å². The molecule has 1 amide bonds. The van der Waals surface area contributed by atoms with Crippen LogP contribution in [0.15, 0.2) is 28.7 Å². The standard InChI is InChI=1S/C18H27BrN2O/c1-13(2)14(3)20-18(22)16-8-10-21(11-9-16)12-15-4-6-17(19)7-5-15/h4-7,13-14,16H,8-12H2,1-3H3,(H,20,22). The Hall–Kier alpha value is -0.870. The number of carbonyl (C=O) groups excluding carboxylic acids is 1. The number of amides is 1. The average molecular weight is 367 g/mol. The van der Waals surface area contributed by atoms with Crippen molar-refractivity contribution in [3.63, 3.8) is 0 Å². The fourth-order valence-corrected chi connectivity index (χ4v) is 2.97. The highest BCUT2D eigenvalue weighted by Gasteiger charge is 2.26. The summed E-state index contributed by atoms with van der Waals surface area (Å²) in [6.07, 6.45) is 1.93. The predicted molar refractivity (Wildman–Crippen MR) is 94.6 cm³/mol. The van der Waals surface area contributed by atoms with Crippen molar-refractivity contribution in [2.24, 2.45) is 11.8 Å². The third-order valence-electron chi connectivity index (χ3n) is 4.65. The van der Waals surface area contributed by atoms with E-state index in [4.69, 9.17) is 0 Å². The van der Waals surface area contributed by atoms with Crippen molar-refractivity contribution >= 4 is 21.8 Å². The summed E-state index contributed by atoms with van der Waals surface area (Å²) >= 11 is 3.47. The lowest BCUT2D eigenvalue weighted by atomic mass is 9.94. The topological polar surface area (TPSA) is 32.3 Å². The predicted octanol–water partition coefficient (Wildman–Crippen LogP) is 3.82. The van der Waals surface area contributed by atoms with Crippen LogP contribution in [0, 0.1) is 11.8 Å². The first-order valence-corrected chi connectivity index (χ1v) is 9.02. The Morgan fingerprint density at radius 2 is 1.82 bits per heavy atom. The summed E-state index contributed by atoms with van der Waals surface area (Å²) in [5.41, 5.74) is 1.33. The molecule has 1 saturated heterocycles. The van der Waals surface area contributed by atoms with Gasteiger partial charge in [-0.1, -0.05) is 41.9 Å². The van der Waals surface area contributed by atoms with E-state index in [0.717, 1.165) is 36.9 Å². The number of carbonyl (C=O) groups is 1. The molecule has 4 heteroatoms. The van der Waals surface area contributed by atoms with Crippen molar-refractivity contribution in [1.82, 2.24) is 10.2 Å². The van der Waals surface area contributed by atoms with Gasteiger partial charge in [0, 0.05) is 23.0 Å². The molecule has 2 rings (SSSR count). The zero-order chi connectivity index (χ0) is 16.1. The van der Waals surface area contributed by atoms with E-state index in [1.165, 1.54) is 5.56 Å². The van der Waals surface area contributed by atoms with E-state index in [1.807, 2.05) is 0 Å². The van der Waals surface area contributed by atoms with Crippen LogP contribution in [0.5, 0.6) is 0 Å². The first-order chi connectivity index (χ1) is 10.5. The minimum absolute atomic E-state index is 0.183. The summed E-state index contributed by atoms with van der Waals surface area (Å²) in [5.74, 6) is 0.910. The van der Waals surface area contributed by atoms with Crippen LogP contribution in [0.4, 0.5) is 0 Å². The molecule has 1 N–H and O–H groups in total. The first kappa shape index (κ1) is 17.5. The monoisotopic (exact) mass is 366 g/mol.